The third-order valence-electron chi connectivity index (χ3n) is 4.08. The zero-order chi connectivity index (χ0) is 16.3. The van der Waals surface area contributed by atoms with E-state index in [-0.39, 0.29) is 47.6 Å². The van der Waals surface area contributed by atoms with Crippen molar-refractivity contribution < 1.29 is 13.2 Å². The molecule has 0 saturated carbocycles. The Morgan fingerprint density at radius 1 is 1.38 bits per heavy atom. The van der Waals surface area contributed by atoms with Gasteiger partial charge in [0.1, 0.15) is 11.9 Å². The Hall–Kier alpha value is -1.03. The van der Waals surface area contributed by atoms with Crippen LogP contribution in [-0.4, -0.2) is 51.1 Å². The Kier molecular flexibility index (Phi) is 6.73. The molecule has 2 unspecified atom stereocenters. The van der Waals surface area contributed by atoms with Crippen LogP contribution in [0, 0.1) is 0 Å². The van der Waals surface area contributed by atoms with E-state index < -0.39 is 9.84 Å². The number of nitrogens with zero attached hydrogens (tertiary/aromatic N) is 1. The maximum absolute atomic E-state index is 11.6. The number of hydrogen-bond acceptors (Lipinski definition) is 4. The smallest absolute Gasteiger partial charge is 0.191 e. The highest BCUT2D eigenvalue weighted by atomic mass is 127. The quantitative estimate of drug-likeness (QED) is 0.399. The van der Waals surface area contributed by atoms with Gasteiger partial charge < -0.3 is 15.4 Å². The van der Waals surface area contributed by atoms with Crippen molar-refractivity contribution in [1.82, 2.24) is 10.6 Å². The summed E-state index contributed by atoms with van der Waals surface area (Å²) < 4.78 is 29.0. The van der Waals surface area contributed by atoms with Gasteiger partial charge in [-0.3, -0.25) is 0 Å². The van der Waals surface area contributed by atoms with E-state index in [1.165, 1.54) is 5.56 Å². The van der Waals surface area contributed by atoms with Crippen LogP contribution in [0.25, 0.3) is 0 Å². The fourth-order valence-electron chi connectivity index (χ4n) is 2.97. The van der Waals surface area contributed by atoms with Crippen molar-refractivity contribution in [1.29, 1.82) is 0 Å². The Labute approximate surface area is 160 Å². The number of halogens is 1. The fourth-order valence-corrected chi connectivity index (χ4v) is 4.64. The summed E-state index contributed by atoms with van der Waals surface area (Å²) in [6, 6.07) is 7.98. The molecule has 2 N–H and O–H groups in total. The van der Waals surface area contributed by atoms with Crippen LogP contribution in [0.5, 0.6) is 5.75 Å². The topological polar surface area (TPSA) is 79.8 Å². The molecule has 1 aromatic rings. The summed E-state index contributed by atoms with van der Waals surface area (Å²) in [5.41, 5.74) is 1.22. The normalized spacial score (nSPS) is 24.6. The van der Waals surface area contributed by atoms with Gasteiger partial charge in [-0.05, 0) is 25.0 Å². The SMILES string of the molecule is CCNC(=NCC1Cc2ccccc2O1)NC1CCS(=O)(=O)C1.I. The molecule has 1 aromatic carbocycles. The van der Waals surface area contributed by atoms with E-state index in [4.69, 9.17) is 4.74 Å². The molecule has 134 valence electrons. The molecule has 8 heteroatoms. The number of aliphatic imine (C=N–C) groups is 1. The molecular formula is C16H24IN3O3S. The highest BCUT2D eigenvalue weighted by Crippen LogP contribution is 2.28. The second-order valence-electron chi connectivity index (χ2n) is 6.02. The van der Waals surface area contributed by atoms with Crippen molar-refractivity contribution in [3.63, 3.8) is 0 Å². The molecule has 0 spiro atoms. The molecule has 6 nitrogen and oxygen atoms in total. The molecule has 2 aliphatic heterocycles. The van der Waals surface area contributed by atoms with E-state index in [0.717, 1.165) is 18.7 Å². The number of hydrogen-bond donors (Lipinski definition) is 2. The molecule has 24 heavy (non-hydrogen) atoms. The van der Waals surface area contributed by atoms with E-state index in [9.17, 15) is 8.42 Å². The van der Waals surface area contributed by atoms with E-state index in [1.807, 2.05) is 25.1 Å². The molecule has 0 amide bonds. The average molecular weight is 465 g/mol. The number of ether oxygens (including phenoxy) is 1. The largest absolute Gasteiger partial charge is 0.488 e. The predicted molar refractivity (Wildman–Crippen MR) is 106 cm³/mol. The Balaban J connectivity index is 0.00000208. The van der Waals surface area contributed by atoms with Crippen LogP contribution < -0.4 is 15.4 Å². The summed E-state index contributed by atoms with van der Waals surface area (Å²) in [6.45, 7) is 3.27. The molecule has 0 aromatic heterocycles. The van der Waals surface area contributed by atoms with Crippen molar-refractivity contribution in [3.8, 4) is 5.75 Å². The Morgan fingerprint density at radius 3 is 2.83 bits per heavy atom. The summed E-state index contributed by atoms with van der Waals surface area (Å²) in [6.07, 6.45) is 1.53. The first-order valence-electron chi connectivity index (χ1n) is 8.05. The van der Waals surface area contributed by atoms with Gasteiger partial charge in [0.25, 0.3) is 0 Å². The molecule has 1 fully saturated rings. The van der Waals surface area contributed by atoms with Crippen LogP contribution in [-0.2, 0) is 16.3 Å². The lowest BCUT2D eigenvalue weighted by Gasteiger charge is -2.16. The lowest BCUT2D eigenvalue weighted by atomic mass is 10.1. The van der Waals surface area contributed by atoms with Crippen LogP contribution in [0.4, 0.5) is 0 Å². The first-order valence-corrected chi connectivity index (χ1v) is 9.87. The summed E-state index contributed by atoms with van der Waals surface area (Å²) in [4.78, 5) is 4.56. The van der Waals surface area contributed by atoms with Gasteiger partial charge in [-0.2, -0.15) is 0 Å². The van der Waals surface area contributed by atoms with Crippen LogP contribution >= 0.6 is 24.0 Å². The Morgan fingerprint density at radius 2 is 2.17 bits per heavy atom. The second-order valence-corrected chi connectivity index (χ2v) is 8.24. The molecule has 2 heterocycles. The molecule has 1 saturated heterocycles. The van der Waals surface area contributed by atoms with E-state index in [0.29, 0.717) is 18.9 Å². The van der Waals surface area contributed by atoms with Gasteiger partial charge in [0, 0.05) is 19.0 Å². The summed E-state index contributed by atoms with van der Waals surface area (Å²) >= 11 is 0. The van der Waals surface area contributed by atoms with Crippen LogP contribution in [0.1, 0.15) is 18.9 Å². The van der Waals surface area contributed by atoms with Gasteiger partial charge in [0.15, 0.2) is 15.8 Å². The molecule has 2 atom stereocenters. The molecular weight excluding hydrogens is 441 g/mol. The maximum Gasteiger partial charge on any atom is 0.191 e. The van der Waals surface area contributed by atoms with Crippen molar-refractivity contribution in [2.45, 2.75) is 31.9 Å². The summed E-state index contributed by atoms with van der Waals surface area (Å²) in [5.74, 6) is 2.04. The van der Waals surface area contributed by atoms with Crippen LogP contribution in [0.15, 0.2) is 29.3 Å². The monoisotopic (exact) mass is 465 g/mol. The number of nitrogens with one attached hydrogen (secondary N) is 2. The van der Waals surface area contributed by atoms with Crippen LogP contribution in [0.2, 0.25) is 0 Å². The van der Waals surface area contributed by atoms with E-state index >= 15 is 0 Å². The maximum atomic E-state index is 11.6. The first kappa shape index (κ1) is 19.3. The standard InChI is InChI=1S/C16H23N3O3S.HI/c1-2-17-16(19-13-7-8-23(20,21)11-13)18-10-14-9-12-5-3-4-6-15(12)22-14;/h3-6,13-14H,2,7-11H2,1H3,(H2,17,18,19);1H. The minimum atomic E-state index is -2.89. The molecule has 3 rings (SSSR count). The zero-order valence-corrected chi connectivity index (χ0v) is 16.8. The zero-order valence-electron chi connectivity index (χ0n) is 13.7. The predicted octanol–water partition coefficient (Wildman–Crippen LogP) is 1.35. The fraction of sp³-hybridized carbons (Fsp3) is 0.562. The average Bonchev–Trinajstić information content (AvgIpc) is 3.07. The first-order chi connectivity index (χ1) is 11.1. The van der Waals surface area contributed by atoms with Gasteiger partial charge in [0.05, 0.1) is 18.1 Å². The van der Waals surface area contributed by atoms with Crippen molar-refractivity contribution in [2.24, 2.45) is 4.99 Å². The second kappa shape index (κ2) is 8.37. The Bertz CT molecular complexity index is 669. The minimum Gasteiger partial charge on any atom is -0.488 e. The number of fused-ring (bicyclic) bond motifs is 1. The van der Waals surface area contributed by atoms with E-state index in [1.54, 1.807) is 0 Å². The van der Waals surface area contributed by atoms with Crippen molar-refractivity contribution in [2.75, 3.05) is 24.6 Å². The van der Waals surface area contributed by atoms with Gasteiger partial charge >= 0.3 is 0 Å². The molecule has 2 aliphatic rings. The number of sulfone groups is 1. The minimum absolute atomic E-state index is 0. The van der Waals surface area contributed by atoms with Gasteiger partial charge in [-0.15, -0.1) is 24.0 Å². The van der Waals surface area contributed by atoms with Crippen LogP contribution in [0.3, 0.4) is 0 Å². The van der Waals surface area contributed by atoms with Crippen molar-refractivity contribution >= 4 is 39.8 Å². The number of rotatable bonds is 4. The number of guanidine groups is 1. The summed E-state index contributed by atoms with van der Waals surface area (Å²) in [7, 11) is -2.89. The van der Waals surface area contributed by atoms with E-state index in [2.05, 4.69) is 21.7 Å². The highest BCUT2D eigenvalue weighted by molar-refractivity contribution is 14.0. The highest BCUT2D eigenvalue weighted by Gasteiger charge is 2.28. The van der Waals surface area contributed by atoms with Gasteiger partial charge in [-0.1, -0.05) is 18.2 Å². The van der Waals surface area contributed by atoms with Gasteiger partial charge in [-0.25, -0.2) is 13.4 Å². The third-order valence-corrected chi connectivity index (χ3v) is 5.85. The lowest BCUT2D eigenvalue weighted by Crippen LogP contribution is -2.44. The number of benzene rings is 1. The van der Waals surface area contributed by atoms with Crippen molar-refractivity contribution in [3.05, 3.63) is 29.8 Å². The van der Waals surface area contributed by atoms with Gasteiger partial charge in [0.2, 0.25) is 0 Å². The third kappa shape index (κ3) is 4.98. The lowest BCUT2D eigenvalue weighted by molar-refractivity contribution is 0.241. The molecule has 0 bridgehead atoms. The number of para-hydroxylation sites is 1. The molecule has 0 aliphatic carbocycles. The molecule has 0 radical (unpaired) electrons. The summed E-state index contributed by atoms with van der Waals surface area (Å²) in [5, 5.41) is 6.39.